The van der Waals surface area contributed by atoms with E-state index in [1.54, 1.807) is 53.7 Å². The van der Waals surface area contributed by atoms with Crippen molar-refractivity contribution in [2.75, 3.05) is 0 Å². The van der Waals surface area contributed by atoms with Crippen molar-refractivity contribution >= 4 is 23.5 Å². The summed E-state index contributed by atoms with van der Waals surface area (Å²) < 4.78 is 38.6. The van der Waals surface area contributed by atoms with Gasteiger partial charge in [0.25, 0.3) is 0 Å². The first-order valence-electron chi connectivity index (χ1n) is 7.17. The molecule has 0 aliphatic carbocycles. The summed E-state index contributed by atoms with van der Waals surface area (Å²) in [4.78, 5) is 0. The summed E-state index contributed by atoms with van der Waals surface area (Å²) in [5.74, 6) is -0.396. The maximum absolute atomic E-state index is 14.2. The van der Waals surface area contributed by atoms with Gasteiger partial charge < -0.3 is 9.05 Å². The van der Waals surface area contributed by atoms with E-state index in [2.05, 4.69) is 15.9 Å². The molecule has 0 fully saturated rings. The molecule has 0 atom stereocenters. The van der Waals surface area contributed by atoms with E-state index < -0.39 is 24.6 Å². The molecule has 0 unspecified atom stereocenters. The van der Waals surface area contributed by atoms with Gasteiger partial charge in [-0.15, -0.1) is 0 Å². The zero-order chi connectivity index (χ0) is 17.2. The SMILES string of the molecule is CC(C)(C)OP(=O)(Cc1ccc(CBr)cc1F)OC(C)(C)C. The molecule has 0 heterocycles. The molecule has 0 bridgehead atoms. The molecular formula is C16H25BrFO3P. The van der Waals surface area contributed by atoms with Crippen LogP contribution >= 0.6 is 23.5 Å². The Morgan fingerprint density at radius 1 is 1.09 bits per heavy atom. The number of alkyl halides is 1. The molecule has 1 aromatic rings. The van der Waals surface area contributed by atoms with Crippen LogP contribution in [0.4, 0.5) is 4.39 Å². The van der Waals surface area contributed by atoms with E-state index in [0.717, 1.165) is 5.56 Å². The van der Waals surface area contributed by atoms with Crippen LogP contribution in [0, 0.1) is 5.82 Å². The molecule has 0 radical (unpaired) electrons. The van der Waals surface area contributed by atoms with Crippen molar-refractivity contribution < 1.29 is 18.0 Å². The third-order valence-corrected chi connectivity index (χ3v) is 5.49. The van der Waals surface area contributed by atoms with Crippen molar-refractivity contribution in [2.45, 2.75) is 64.2 Å². The van der Waals surface area contributed by atoms with Crippen LogP contribution in [0.3, 0.4) is 0 Å². The van der Waals surface area contributed by atoms with Crippen LogP contribution in [0.1, 0.15) is 52.7 Å². The van der Waals surface area contributed by atoms with Gasteiger partial charge in [-0.2, -0.15) is 0 Å². The van der Waals surface area contributed by atoms with Crippen LogP contribution in [-0.4, -0.2) is 11.2 Å². The molecule has 0 N–H and O–H groups in total. The first-order valence-corrected chi connectivity index (χ1v) is 10.0. The summed E-state index contributed by atoms with van der Waals surface area (Å²) in [7, 11) is -3.49. The highest BCUT2D eigenvalue weighted by molar-refractivity contribution is 9.08. The fraction of sp³-hybridized carbons (Fsp3) is 0.625. The van der Waals surface area contributed by atoms with E-state index in [-0.39, 0.29) is 6.16 Å². The molecule has 1 rings (SSSR count). The van der Waals surface area contributed by atoms with Crippen molar-refractivity contribution in [2.24, 2.45) is 0 Å². The molecule has 6 heteroatoms. The average molecular weight is 395 g/mol. The zero-order valence-corrected chi connectivity index (χ0v) is 16.6. The summed E-state index contributed by atoms with van der Waals surface area (Å²) in [6, 6.07) is 4.87. The number of benzene rings is 1. The maximum atomic E-state index is 14.2. The van der Waals surface area contributed by atoms with Crippen molar-refractivity contribution in [3.8, 4) is 0 Å². The molecular weight excluding hydrogens is 370 g/mol. The van der Waals surface area contributed by atoms with Gasteiger partial charge in [-0.25, -0.2) is 4.39 Å². The summed E-state index contributed by atoms with van der Waals surface area (Å²) in [6.07, 6.45) is -0.0874. The molecule has 126 valence electrons. The van der Waals surface area contributed by atoms with Crippen molar-refractivity contribution in [3.63, 3.8) is 0 Å². The summed E-state index contributed by atoms with van der Waals surface area (Å²) >= 11 is 3.29. The van der Waals surface area contributed by atoms with E-state index in [9.17, 15) is 8.96 Å². The third kappa shape index (κ3) is 6.91. The smallest absolute Gasteiger partial charge is 0.303 e. The lowest BCUT2D eigenvalue weighted by atomic mass is 10.2. The standard InChI is InChI=1S/C16H25BrFO3P/c1-15(2,3)20-22(19,21-16(4,5)6)11-13-8-7-12(10-17)9-14(13)18/h7-9H,10-11H2,1-6H3. The second-order valence-corrected chi connectivity index (χ2v) is 9.70. The van der Waals surface area contributed by atoms with Crippen LogP contribution in [0.2, 0.25) is 0 Å². The molecule has 0 spiro atoms. The van der Waals surface area contributed by atoms with Crippen LogP contribution in [0.25, 0.3) is 0 Å². The Labute approximate surface area is 141 Å². The molecule has 22 heavy (non-hydrogen) atoms. The molecule has 3 nitrogen and oxygen atoms in total. The minimum Gasteiger partial charge on any atom is -0.303 e. The Morgan fingerprint density at radius 2 is 1.59 bits per heavy atom. The largest absolute Gasteiger partial charge is 0.336 e. The van der Waals surface area contributed by atoms with Gasteiger partial charge in [0.05, 0.1) is 17.4 Å². The Kier molecular flexibility index (Phi) is 6.42. The van der Waals surface area contributed by atoms with E-state index in [1.807, 2.05) is 0 Å². The zero-order valence-electron chi connectivity index (χ0n) is 14.1. The number of hydrogen-bond acceptors (Lipinski definition) is 3. The molecule has 0 amide bonds. The lowest BCUT2D eigenvalue weighted by Gasteiger charge is -2.32. The van der Waals surface area contributed by atoms with Gasteiger partial charge in [0, 0.05) is 5.33 Å². The third-order valence-electron chi connectivity index (χ3n) is 2.46. The van der Waals surface area contributed by atoms with Crippen molar-refractivity contribution in [1.82, 2.24) is 0 Å². The minimum absolute atomic E-state index is 0.0874. The average Bonchev–Trinajstić information content (AvgIpc) is 2.26. The quantitative estimate of drug-likeness (QED) is 0.450. The number of hydrogen-bond donors (Lipinski definition) is 0. The second-order valence-electron chi connectivity index (χ2n) is 7.24. The van der Waals surface area contributed by atoms with Crippen LogP contribution < -0.4 is 0 Å². The van der Waals surface area contributed by atoms with Crippen LogP contribution in [0.5, 0.6) is 0 Å². The van der Waals surface area contributed by atoms with E-state index in [0.29, 0.717) is 10.9 Å². The van der Waals surface area contributed by atoms with Crippen LogP contribution in [0.15, 0.2) is 18.2 Å². The van der Waals surface area contributed by atoms with Gasteiger partial charge in [0.15, 0.2) is 0 Å². The van der Waals surface area contributed by atoms with Gasteiger partial charge >= 0.3 is 7.60 Å². The Morgan fingerprint density at radius 3 is 1.95 bits per heavy atom. The van der Waals surface area contributed by atoms with Gasteiger partial charge in [-0.3, -0.25) is 4.57 Å². The van der Waals surface area contributed by atoms with Crippen molar-refractivity contribution in [1.29, 1.82) is 0 Å². The monoisotopic (exact) mass is 394 g/mol. The van der Waals surface area contributed by atoms with Gasteiger partial charge in [-0.05, 0) is 58.7 Å². The summed E-state index contributed by atoms with van der Waals surface area (Å²) in [6.45, 7) is 10.8. The molecule has 0 saturated heterocycles. The Balaban J connectivity index is 3.10. The first kappa shape index (κ1) is 19.8. The predicted molar refractivity (Wildman–Crippen MR) is 92.0 cm³/mol. The van der Waals surface area contributed by atoms with Gasteiger partial charge in [0.1, 0.15) is 5.82 Å². The minimum atomic E-state index is -3.49. The molecule has 0 aliphatic rings. The summed E-state index contributed by atoms with van der Waals surface area (Å²) in [5.41, 5.74) is -0.133. The van der Waals surface area contributed by atoms with Crippen molar-refractivity contribution in [3.05, 3.63) is 35.1 Å². The van der Waals surface area contributed by atoms with Gasteiger partial charge in [-0.1, -0.05) is 28.1 Å². The Hall–Kier alpha value is -0.220. The lowest BCUT2D eigenvalue weighted by Crippen LogP contribution is -2.24. The predicted octanol–water partition coefficient (Wildman–Crippen LogP) is 6.04. The van der Waals surface area contributed by atoms with Crippen LogP contribution in [-0.2, 0) is 25.1 Å². The number of halogens is 2. The van der Waals surface area contributed by atoms with E-state index >= 15 is 0 Å². The molecule has 0 aliphatic heterocycles. The first-order chi connectivity index (χ1) is 9.84. The Bertz CT molecular complexity index is 541. The molecule has 1 aromatic carbocycles. The summed E-state index contributed by atoms with van der Waals surface area (Å²) in [5, 5.41) is 0.568. The van der Waals surface area contributed by atoms with E-state index in [4.69, 9.17) is 9.05 Å². The highest BCUT2D eigenvalue weighted by Gasteiger charge is 2.36. The highest BCUT2D eigenvalue weighted by atomic mass is 79.9. The van der Waals surface area contributed by atoms with E-state index in [1.165, 1.54) is 6.07 Å². The topological polar surface area (TPSA) is 35.5 Å². The maximum Gasteiger partial charge on any atom is 0.336 e. The fourth-order valence-corrected chi connectivity index (χ4v) is 4.79. The fourth-order valence-electron chi connectivity index (χ4n) is 1.93. The lowest BCUT2D eigenvalue weighted by molar-refractivity contribution is 0.0484. The molecule has 0 aromatic heterocycles. The second kappa shape index (κ2) is 7.12. The number of rotatable bonds is 5. The molecule has 0 saturated carbocycles. The highest BCUT2D eigenvalue weighted by Crippen LogP contribution is 2.57. The normalized spacial score (nSPS) is 13.5. The van der Waals surface area contributed by atoms with Gasteiger partial charge in [0.2, 0.25) is 0 Å².